The zero-order valence-electron chi connectivity index (χ0n) is 10.1. The first-order valence-electron chi connectivity index (χ1n) is 5.64. The van der Waals surface area contributed by atoms with E-state index in [1.54, 1.807) is 13.3 Å². The number of anilines is 1. The summed E-state index contributed by atoms with van der Waals surface area (Å²) in [7, 11) is 1.66. The minimum atomic E-state index is 0.778. The molecule has 3 nitrogen and oxygen atoms in total. The van der Waals surface area contributed by atoms with Crippen molar-refractivity contribution in [3.8, 4) is 5.75 Å². The molecule has 2 rings (SSSR count). The lowest BCUT2D eigenvalue weighted by atomic mass is 10.3. The van der Waals surface area contributed by atoms with Gasteiger partial charge in [0.25, 0.3) is 0 Å². The van der Waals surface area contributed by atoms with Crippen LogP contribution in [0.5, 0.6) is 5.75 Å². The number of nitrogens with one attached hydrogen (secondary N) is 1. The van der Waals surface area contributed by atoms with Crippen LogP contribution in [0, 0.1) is 0 Å². The number of aryl methyl sites for hydroxylation is 1. The zero-order chi connectivity index (χ0) is 12.1. The Bertz CT molecular complexity index is 482. The van der Waals surface area contributed by atoms with Gasteiger partial charge < -0.3 is 10.1 Å². The Morgan fingerprint density at radius 3 is 2.82 bits per heavy atom. The molecule has 0 spiro atoms. The molecule has 17 heavy (non-hydrogen) atoms. The van der Waals surface area contributed by atoms with Crippen molar-refractivity contribution in [2.75, 3.05) is 12.4 Å². The van der Waals surface area contributed by atoms with Crippen LogP contribution < -0.4 is 10.1 Å². The molecule has 0 saturated heterocycles. The summed E-state index contributed by atoms with van der Waals surface area (Å²) >= 11 is 1.83. The third-order valence-electron chi connectivity index (χ3n) is 2.49. The molecule has 2 aromatic rings. The molecule has 0 radical (unpaired) electrons. The van der Waals surface area contributed by atoms with Crippen molar-refractivity contribution >= 4 is 17.2 Å². The number of hydrogen-bond donors (Lipinski definition) is 1. The van der Waals surface area contributed by atoms with Gasteiger partial charge in [-0.05, 0) is 30.7 Å². The van der Waals surface area contributed by atoms with Crippen molar-refractivity contribution in [2.45, 2.75) is 19.9 Å². The molecular weight excluding hydrogens is 232 g/mol. The molecular formula is C13H16N2OS. The van der Waals surface area contributed by atoms with Crippen molar-refractivity contribution in [3.05, 3.63) is 40.2 Å². The van der Waals surface area contributed by atoms with Gasteiger partial charge in [-0.25, -0.2) is 4.98 Å². The van der Waals surface area contributed by atoms with E-state index in [4.69, 9.17) is 4.74 Å². The summed E-state index contributed by atoms with van der Waals surface area (Å²) in [5, 5.41) is 3.29. The number of pyridine rings is 1. The molecule has 0 aliphatic heterocycles. The topological polar surface area (TPSA) is 34.2 Å². The number of aromatic nitrogens is 1. The van der Waals surface area contributed by atoms with E-state index in [1.165, 1.54) is 9.75 Å². The molecule has 0 aliphatic rings. The number of hydrogen-bond acceptors (Lipinski definition) is 4. The first kappa shape index (κ1) is 11.9. The Hall–Kier alpha value is -1.55. The second-order valence-electron chi connectivity index (χ2n) is 3.63. The molecule has 0 fully saturated rings. The fraction of sp³-hybridized carbons (Fsp3) is 0.308. The van der Waals surface area contributed by atoms with Crippen molar-refractivity contribution in [1.29, 1.82) is 0 Å². The van der Waals surface area contributed by atoms with Gasteiger partial charge in [-0.1, -0.05) is 6.92 Å². The van der Waals surface area contributed by atoms with E-state index in [1.807, 2.05) is 23.5 Å². The van der Waals surface area contributed by atoms with Crippen LogP contribution in [0.4, 0.5) is 5.82 Å². The highest BCUT2D eigenvalue weighted by atomic mass is 32.1. The summed E-state index contributed by atoms with van der Waals surface area (Å²) in [4.78, 5) is 6.99. The van der Waals surface area contributed by atoms with E-state index in [-0.39, 0.29) is 0 Å². The Balaban J connectivity index is 2.01. The Kier molecular flexibility index (Phi) is 3.98. The molecule has 0 amide bonds. The smallest absolute Gasteiger partial charge is 0.169 e. The summed E-state index contributed by atoms with van der Waals surface area (Å²) in [6.07, 6.45) is 2.86. The van der Waals surface area contributed by atoms with Gasteiger partial charge >= 0.3 is 0 Å². The SMILES string of the molecule is CCc1ccc(CNc2ncccc2OC)s1. The summed E-state index contributed by atoms with van der Waals surface area (Å²) < 4.78 is 5.24. The standard InChI is InChI=1S/C13H16N2OS/c1-3-10-6-7-11(17-10)9-15-13-12(16-2)5-4-8-14-13/h4-8H,3,9H2,1-2H3,(H,14,15). The van der Waals surface area contributed by atoms with Crippen molar-refractivity contribution in [1.82, 2.24) is 4.98 Å². The van der Waals surface area contributed by atoms with Gasteiger partial charge in [-0.15, -0.1) is 11.3 Å². The van der Waals surface area contributed by atoms with Crippen molar-refractivity contribution in [3.63, 3.8) is 0 Å². The lowest BCUT2D eigenvalue weighted by Gasteiger charge is -2.08. The van der Waals surface area contributed by atoms with Gasteiger partial charge in [-0.2, -0.15) is 0 Å². The summed E-state index contributed by atoms with van der Waals surface area (Å²) in [5.41, 5.74) is 0. The van der Waals surface area contributed by atoms with Crippen LogP contribution in [-0.4, -0.2) is 12.1 Å². The second kappa shape index (κ2) is 5.68. The quantitative estimate of drug-likeness (QED) is 0.881. The first-order valence-corrected chi connectivity index (χ1v) is 6.45. The monoisotopic (exact) mass is 248 g/mol. The molecule has 0 saturated carbocycles. The lowest BCUT2D eigenvalue weighted by Crippen LogP contribution is -2.01. The normalized spacial score (nSPS) is 10.2. The molecule has 90 valence electrons. The van der Waals surface area contributed by atoms with Gasteiger partial charge in [0.15, 0.2) is 11.6 Å². The van der Waals surface area contributed by atoms with Gasteiger partial charge in [0.05, 0.1) is 13.7 Å². The molecule has 2 aromatic heterocycles. The zero-order valence-corrected chi connectivity index (χ0v) is 10.9. The van der Waals surface area contributed by atoms with Crippen LogP contribution in [0.25, 0.3) is 0 Å². The van der Waals surface area contributed by atoms with Crippen LogP contribution in [0.2, 0.25) is 0 Å². The molecule has 0 bridgehead atoms. The van der Waals surface area contributed by atoms with E-state index in [0.717, 1.165) is 24.5 Å². The molecule has 0 aliphatic carbocycles. The Morgan fingerprint density at radius 1 is 1.29 bits per heavy atom. The predicted octanol–water partition coefficient (Wildman–Crippen LogP) is 3.33. The van der Waals surface area contributed by atoms with E-state index >= 15 is 0 Å². The van der Waals surface area contributed by atoms with E-state index in [0.29, 0.717) is 0 Å². The lowest BCUT2D eigenvalue weighted by molar-refractivity contribution is 0.415. The minimum Gasteiger partial charge on any atom is -0.493 e. The molecule has 0 atom stereocenters. The van der Waals surface area contributed by atoms with Gasteiger partial charge in [-0.3, -0.25) is 0 Å². The van der Waals surface area contributed by atoms with Crippen LogP contribution in [-0.2, 0) is 13.0 Å². The average Bonchev–Trinajstić information content (AvgIpc) is 2.84. The van der Waals surface area contributed by atoms with E-state index in [9.17, 15) is 0 Å². The fourth-order valence-corrected chi connectivity index (χ4v) is 2.46. The van der Waals surface area contributed by atoms with Crippen LogP contribution in [0.1, 0.15) is 16.7 Å². The molecule has 1 N–H and O–H groups in total. The number of rotatable bonds is 5. The number of nitrogens with zero attached hydrogens (tertiary/aromatic N) is 1. The average molecular weight is 248 g/mol. The van der Waals surface area contributed by atoms with Crippen molar-refractivity contribution in [2.24, 2.45) is 0 Å². The van der Waals surface area contributed by atoms with Crippen LogP contribution in [0.15, 0.2) is 30.5 Å². The van der Waals surface area contributed by atoms with E-state index < -0.39 is 0 Å². The second-order valence-corrected chi connectivity index (χ2v) is 4.88. The highest BCUT2D eigenvalue weighted by Gasteiger charge is 2.03. The number of thiophene rings is 1. The molecule has 0 unspecified atom stereocenters. The van der Waals surface area contributed by atoms with Gasteiger partial charge in [0, 0.05) is 16.0 Å². The van der Waals surface area contributed by atoms with Crippen LogP contribution >= 0.6 is 11.3 Å². The minimum absolute atomic E-state index is 0.778. The molecule has 4 heteroatoms. The predicted molar refractivity (Wildman–Crippen MR) is 71.8 cm³/mol. The number of methoxy groups -OCH3 is 1. The maximum Gasteiger partial charge on any atom is 0.169 e. The first-order chi connectivity index (χ1) is 8.33. The summed E-state index contributed by atoms with van der Waals surface area (Å²) in [6.45, 7) is 2.96. The maximum atomic E-state index is 5.24. The Morgan fingerprint density at radius 2 is 2.12 bits per heavy atom. The van der Waals surface area contributed by atoms with E-state index in [2.05, 4.69) is 29.4 Å². The third kappa shape index (κ3) is 2.97. The van der Waals surface area contributed by atoms with Crippen molar-refractivity contribution < 1.29 is 4.74 Å². The maximum absolute atomic E-state index is 5.24. The molecule has 2 heterocycles. The van der Waals surface area contributed by atoms with Crippen LogP contribution in [0.3, 0.4) is 0 Å². The highest BCUT2D eigenvalue weighted by molar-refractivity contribution is 7.12. The summed E-state index contributed by atoms with van der Waals surface area (Å²) in [5.74, 6) is 1.57. The molecule has 0 aromatic carbocycles. The largest absolute Gasteiger partial charge is 0.493 e. The summed E-state index contributed by atoms with van der Waals surface area (Å²) in [6, 6.07) is 8.11. The van der Waals surface area contributed by atoms with Gasteiger partial charge in [0.1, 0.15) is 0 Å². The Labute approximate surface area is 105 Å². The highest BCUT2D eigenvalue weighted by Crippen LogP contribution is 2.22. The third-order valence-corrected chi connectivity index (χ3v) is 3.72. The number of ether oxygens (including phenoxy) is 1. The fourth-order valence-electron chi connectivity index (χ4n) is 1.57. The van der Waals surface area contributed by atoms with Gasteiger partial charge in [0.2, 0.25) is 0 Å².